The van der Waals surface area contributed by atoms with Crippen molar-refractivity contribution < 1.29 is 4.39 Å². The molecule has 41 heavy (non-hydrogen) atoms. The lowest BCUT2D eigenvalue weighted by molar-refractivity contribution is 0.479. The molecule has 2 N–H and O–H groups in total. The van der Waals surface area contributed by atoms with Crippen molar-refractivity contribution in [2.24, 2.45) is 5.92 Å². The number of nitrogens with one attached hydrogen (secondary N) is 2. The fourth-order valence-electron chi connectivity index (χ4n) is 6.16. The van der Waals surface area contributed by atoms with Crippen molar-refractivity contribution in [2.75, 3.05) is 5.32 Å². The molecule has 5 aromatic rings. The molecular formula is C29H21Cl2FN8O. The molecule has 5 heterocycles. The van der Waals surface area contributed by atoms with Crippen LogP contribution in [-0.4, -0.2) is 34.5 Å². The van der Waals surface area contributed by atoms with Gasteiger partial charge in [-0.2, -0.15) is 4.39 Å². The number of benzene rings is 2. The van der Waals surface area contributed by atoms with Gasteiger partial charge in [0.05, 0.1) is 29.3 Å². The zero-order valence-electron chi connectivity index (χ0n) is 21.4. The van der Waals surface area contributed by atoms with Gasteiger partial charge < -0.3 is 10.3 Å². The Labute approximate surface area is 242 Å². The molecule has 0 spiro atoms. The Balaban J connectivity index is 1.19. The quantitative estimate of drug-likeness (QED) is 0.271. The van der Waals surface area contributed by atoms with Crippen molar-refractivity contribution in [1.29, 1.82) is 0 Å². The normalized spacial score (nSPS) is 20.4. The predicted molar refractivity (Wildman–Crippen MR) is 153 cm³/mol. The molecule has 1 aliphatic carbocycles. The number of halogens is 3. The van der Waals surface area contributed by atoms with E-state index in [4.69, 9.17) is 28.2 Å². The van der Waals surface area contributed by atoms with E-state index in [1.165, 1.54) is 10.7 Å². The van der Waals surface area contributed by atoms with Gasteiger partial charge in [0.25, 0.3) is 5.56 Å². The summed E-state index contributed by atoms with van der Waals surface area (Å²) in [7, 11) is 0. The molecule has 9 nitrogen and oxygen atoms in total. The van der Waals surface area contributed by atoms with Crippen LogP contribution in [0.25, 0.3) is 28.3 Å². The average Bonchev–Trinajstić information content (AvgIpc) is 3.28. The largest absolute Gasteiger partial charge is 0.359 e. The Bertz CT molecular complexity index is 1980. The molecule has 3 aliphatic rings. The number of H-pyrrole nitrogens is 1. The molecule has 1 fully saturated rings. The minimum Gasteiger partial charge on any atom is -0.359 e. The molecule has 2 aromatic carbocycles. The second-order valence-corrected chi connectivity index (χ2v) is 11.5. The molecule has 3 aromatic heterocycles. The molecule has 3 unspecified atom stereocenters. The van der Waals surface area contributed by atoms with Crippen LogP contribution in [0, 0.1) is 11.9 Å². The van der Waals surface area contributed by atoms with E-state index in [2.05, 4.69) is 32.2 Å². The maximum Gasteiger partial charge on any atom is 0.254 e. The highest BCUT2D eigenvalue weighted by Crippen LogP contribution is 2.60. The van der Waals surface area contributed by atoms with E-state index in [1.807, 2.05) is 18.2 Å². The second-order valence-electron chi connectivity index (χ2n) is 10.7. The molecule has 204 valence electrons. The Morgan fingerprint density at radius 2 is 1.95 bits per heavy atom. The van der Waals surface area contributed by atoms with Crippen LogP contribution in [0.4, 0.5) is 10.1 Å². The van der Waals surface area contributed by atoms with Gasteiger partial charge in [-0.3, -0.25) is 9.36 Å². The first-order chi connectivity index (χ1) is 19.8. The van der Waals surface area contributed by atoms with Crippen LogP contribution in [0.3, 0.4) is 0 Å². The SMILES string of the molecule is C=C1CCc2cc(-c3nc(F)c(C4C5CC5c5nc(-c6cc(Cl)ccc6-n6cc(Cl)nn6)cc(=O)n54)[nH]3)ccc2N1. The van der Waals surface area contributed by atoms with Crippen molar-refractivity contribution in [3.63, 3.8) is 0 Å². The molecule has 2 aliphatic heterocycles. The Morgan fingerprint density at radius 1 is 1.07 bits per heavy atom. The highest BCUT2D eigenvalue weighted by atomic mass is 35.5. The van der Waals surface area contributed by atoms with Gasteiger partial charge >= 0.3 is 0 Å². The molecule has 3 atom stereocenters. The highest BCUT2D eigenvalue weighted by molar-refractivity contribution is 6.31. The summed E-state index contributed by atoms with van der Waals surface area (Å²) in [5.74, 6) is 0.553. The van der Waals surface area contributed by atoms with E-state index in [-0.39, 0.29) is 22.5 Å². The Hall–Kier alpha value is -4.28. The molecule has 0 radical (unpaired) electrons. The standard InChI is InChI=1S/C29H21Cl2FN8O/c1-13-2-3-14-8-15(4-6-20(14)33-13)28-35-25(27(32)36-28)26-17-10-18(17)29-34-21(11-24(41)40(26)29)19-9-16(30)5-7-22(19)39-12-23(31)37-38-39/h4-9,11-12,17-18,26,33H,1-3,10H2,(H,35,36). The van der Waals surface area contributed by atoms with Crippen molar-refractivity contribution in [1.82, 2.24) is 34.5 Å². The lowest BCUT2D eigenvalue weighted by atomic mass is 9.99. The van der Waals surface area contributed by atoms with Crippen molar-refractivity contribution in [3.8, 4) is 28.3 Å². The van der Waals surface area contributed by atoms with Crippen LogP contribution in [-0.2, 0) is 6.42 Å². The summed E-state index contributed by atoms with van der Waals surface area (Å²) in [4.78, 5) is 26.0. The Kier molecular flexibility index (Phi) is 5.30. The maximum atomic E-state index is 15.4. The number of anilines is 1. The number of rotatable bonds is 4. The number of allylic oxidation sites excluding steroid dienone is 1. The third-order valence-electron chi connectivity index (χ3n) is 8.15. The van der Waals surface area contributed by atoms with Crippen LogP contribution < -0.4 is 10.9 Å². The zero-order valence-corrected chi connectivity index (χ0v) is 22.9. The third kappa shape index (κ3) is 3.93. The zero-order chi connectivity index (χ0) is 28.0. The average molecular weight is 587 g/mol. The Morgan fingerprint density at radius 3 is 2.78 bits per heavy atom. The number of fused-ring (bicyclic) bond motifs is 4. The topological polar surface area (TPSA) is 106 Å². The first kappa shape index (κ1) is 24.5. The van der Waals surface area contributed by atoms with Crippen LogP contribution in [0.1, 0.15) is 41.9 Å². The maximum absolute atomic E-state index is 15.4. The second kappa shape index (κ2) is 8.86. The predicted octanol–water partition coefficient (Wildman–Crippen LogP) is 5.91. The molecule has 0 saturated heterocycles. The highest BCUT2D eigenvalue weighted by Gasteiger charge is 2.56. The summed E-state index contributed by atoms with van der Waals surface area (Å²) in [6.45, 7) is 4.01. The lowest BCUT2D eigenvalue weighted by Crippen LogP contribution is -2.27. The number of aromatic nitrogens is 7. The third-order valence-corrected chi connectivity index (χ3v) is 8.56. The van der Waals surface area contributed by atoms with Gasteiger partial charge in [-0.1, -0.05) is 35.0 Å². The van der Waals surface area contributed by atoms with E-state index in [0.29, 0.717) is 39.3 Å². The van der Waals surface area contributed by atoms with Crippen molar-refractivity contribution in [3.05, 3.63) is 104 Å². The summed E-state index contributed by atoms with van der Waals surface area (Å²) >= 11 is 12.3. The van der Waals surface area contributed by atoms with Crippen molar-refractivity contribution >= 4 is 28.9 Å². The minimum absolute atomic E-state index is 0.0465. The van der Waals surface area contributed by atoms with E-state index >= 15 is 4.39 Å². The molecule has 0 bridgehead atoms. The van der Waals surface area contributed by atoms with Crippen LogP contribution >= 0.6 is 23.2 Å². The van der Waals surface area contributed by atoms with Gasteiger partial charge in [-0.25, -0.2) is 14.6 Å². The van der Waals surface area contributed by atoms with Gasteiger partial charge in [0.1, 0.15) is 11.6 Å². The number of aryl methyl sites for hydroxylation is 1. The van der Waals surface area contributed by atoms with E-state index in [9.17, 15) is 4.79 Å². The van der Waals surface area contributed by atoms with Gasteiger partial charge in [0.2, 0.25) is 5.95 Å². The molecular weight excluding hydrogens is 566 g/mol. The van der Waals surface area contributed by atoms with Gasteiger partial charge in [-0.15, -0.1) is 5.10 Å². The minimum atomic E-state index is -0.608. The van der Waals surface area contributed by atoms with Gasteiger partial charge in [-0.05, 0) is 67.1 Å². The van der Waals surface area contributed by atoms with Crippen molar-refractivity contribution in [2.45, 2.75) is 31.2 Å². The number of hydrogen-bond acceptors (Lipinski definition) is 6. The summed E-state index contributed by atoms with van der Waals surface area (Å²) in [5, 5.41) is 11.9. The first-order valence-electron chi connectivity index (χ1n) is 13.2. The summed E-state index contributed by atoms with van der Waals surface area (Å²) < 4.78 is 18.6. The van der Waals surface area contributed by atoms with E-state index in [1.54, 1.807) is 29.0 Å². The van der Waals surface area contributed by atoms with E-state index in [0.717, 1.165) is 41.8 Å². The summed E-state index contributed by atoms with van der Waals surface area (Å²) in [6.07, 6.45) is 4.07. The molecule has 12 heteroatoms. The number of imidazole rings is 1. The fraction of sp³-hybridized carbons (Fsp3) is 0.207. The molecule has 1 saturated carbocycles. The number of nitrogens with zero attached hydrogens (tertiary/aromatic N) is 6. The monoisotopic (exact) mass is 586 g/mol. The van der Waals surface area contributed by atoms with Crippen LogP contribution in [0.2, 0.25) is 10.2 Å². The van der Waals surface area contributed by atoms with Gasteiger partial charge in [0, 0.05) is 39.5 Å². The number of aromatic amines is 1. The first-order valence-corrected chi connectivity index (χ1v) is 13.9. The molecule has 0 amide bonds. The van der Waals surface area contributed by atoms with E-state index < -0.39 is 12.0 Å². The molecule has 8 rings (SSSR count). The lowest BCUT2D eigenvalue weighted by Gasteiger charge is -2.20. The smallest absolute Gasteiger partial charge is 0.254 e. The van der Waals surface area contributed by atoms with Crippen LogP contribution in [0.15, 0.2) is 65.7 Å². The summed E-state index contributed by atoms with van der Waals surface area (Å²) in [6, 6.07) is 12.0. The van der Waals surface area contributed by atoms with Gasteiger partial charge in [0.15, 0.2) is 5.15 Å². The fourth-order valence-corrected chi connectivity index (χ4v) is 6.46. The van der Waals surface area contributed by atoms with Crippen LogP contribution in [0.5, 0.6) is 0 Å². The summed E-state index contributed by atoms with van der Waals surface area (Å²) in [5.41, 5.74) is 5.61. The number of hydrogen-bond donors (Lipinski definition) is 2.